The Kier molecular flexibility index (Phi) is 4.90. The molecule has 1 saturated carbocycles. The molecule has 2 aliphatic carbocycles. The van der Waals surface area contributed by atoms with Crippen LogP contribution in [-0.4, -0.2) is 51.4 Å². The number of nitrogens with zero attached hydrogens (tertiary/aromatic N) is 4. The lowest BCUT2D eigenvalue weighted by atomic mass is 9.95. The summed E-state index contributed by atoms with van der Waals surface area (Å²) in [5, 5.41) is 15.0. The Morgan fingerprint density at radius 2 is 2.17 bits per heavy atom. The van der Waals surface area contributed by atoms with Crippen LogP contribution in [0, 0.1) is 5.92 Å². The zero-order chi connectivity index (χ0) is 20.7. The molecule has 1 fully saturated rings. The summed E-state index contributed by atoms with van der Waals surface area (Å²) in [5.74, 6) is 1.11. The van der Waals surface area contributed by atoms with Crippen molar-refractivity contribution in [2.45, 2.75) is 37.6 Å². The van der Waals surface area contributed by atoms with Gasteiger partial charge in [-0.05, 0) is 63.7 Å². The largest absolute Gasteiger partial charge is 0.318 e. The Morgan fingerprint density at radius 3 is 2.97 bits per heavy atom. The van der Waals surface area contributed by atoms with Gasteiger partial charge in [-0.25, -0.2) is 0 Å². The van der Waals surface area contributed by atoms with Crippen molar-refractivity contribution in [2.24, 2.45) is 5.92 Å². The van der Waals surface area contributed by atoms with Crippen molar-refractivity contribution in [3.8, 4) is 0 Å². The van der Waals surface area contributed by atoms with Gasteiger partial charge in [-0.3, -0.25) is 14.6 Å². The van der Waals surface area contributed by atoms with Gasteiger partial charge in [0.25, 0.3) is 5.91 Å². The smallest absolute Gasteiger partial charge is 0.276 e. The van der Waals surface area contributed by atoms with Gasteiger partial charge in [0.1, 0.15) is 0 Å². The van der Waals surface area contributed by atoms with E-state index in [9.17, 15) is 4.79 Å². The molecule has 1 aromatic carbocycles. The molecule has 30 heavy (non-hydrogen) atoms. The first kappa shape index (κ1) is 19.1. The first-order chi connectivity index (χ1) is 14.6. The van der Waals surface area contributed by atoms with Crippen LogP contribution in [-0.2, 0) is 6.42 Å². The van der Waals surface area contributed by atoms with E-state index in [1.54, 1.807) is 6.20 Å². The van der Waals surface area contributed by atoms with Crippen LogP contribution in [0.1, 0.15) is 58.5 Å². The quantitative estimate of drug-likeness (QED) is 0.632. The number of aryl methyl sites for hydroxylation is 1. The molecule has 0 bridgehead atoms. The molecule has 0 aliphatic heterocycles. The summed E-state index contributed by atoms with van der Waals surface area (Å²) in [6.07, 6.45) is 7.98. The Hall–Kier alpha value is -2.93. The van der Waals surface area contributed by atoms with Crippen LogP contribution >= 0.6 is 0 Å². The number of aromatic nitrogens is 4. The van der Waals surface area contributed by atoms with Crippen molar-refractivity contribution in [1.29, 1.82) is 0 Å². The highest BCUT2D eigenvalue weighted by Gasteiger charge is 2.45. The molecule has 2 aromatic heterocycles. The molecule has 0 saturated heterocycles. The molecule has 7 nitrogen and oxygen atoms in total. The van der Waals surface area contributed by atoms with Gasteiger partial charge in [0.05, 0.1) is 17.9 Å². The number of aromatic amines is 1. The highest BCUT2D eigenvalue weighted by atomic mass is 16.2. The minimum atomic E-state index is -0.149. The minimum absolute atomic E-state index is 0.115. The summed E-state index contributed by atoms with van der Waals surface area (Å²) in [6, 6.07) is 10.5. The number of anilines is 1. The predicted octanol–water partition coefficient (Wildman–Crippen LogP) is 3.45. The van der Waals surface area contributed by atoms with Gasteiger partial charge in [0, 0.05) is 17.5 Å². The lowest BCUT2D eigenvalue weighted by Crippen LogP contribution is -2.20. The number of amides is 1. The van der Waals surface area contributed by atoms with Gasteiger partial charge >= 0.3 is 0 Å². The molecule has 3 aromatic rings. The number of carbonyl (C=O) groups is 1. The van der Waals surface area contributed by atoms with E-state index in [0.717, 1.165) is 36.6 Å². The van der Waals surface area contributed by atoms with Crippen LogP contribution in [0.3, 0.4) is 0 Å². The molecule has 0 spiro atoms. The van der Waals surface area contributed by atoms with Gasteiger partial charge in [0.2, 0.25) is 0 Å². The van der Waals surface area contributed by atoms with E-state index in [1.165, 1.54) is 18.4 Å². The lowest BCUT2D eigenvalue weighted by Gasteiger charge is -2.20. The SMILES string of the molecule is CN(C)CCC(c1ccccc1)n1cc(NC(=O)c2n[nH]c3c2C2CC2CC3)cn1. The van der Waals surface area contributed by atoms with Crippen molar-refractivity contribution in [3.63, 3.8) is 0 Å². The Morgan fingerprint density at radius 1 is 1.33 bits per heavy atom. The zero-order valence-electron chi connectivity index (χ0n) is 17.5. The number of fused-ring (bicyclic) bond motifs is 3. The molecular weight excluding hydrogens is 376 g/mol. The number of nitrogens with one attached hydrogen (secondary N) is 2. The third kappa shape index (κ3) is 3.65. The summed E-state index contributed by atoms with van der Waals surface area (Å²) in [5.41, 5.74) is 4.75. The fourth-order valence-electron chi connectivity index (χ4n) is 4.67. The predicted molar refractivity (Wildman–Crippen MR) is 116 cm³/mol. The molecule has 5 rings (SSSR count). The highest BCUT2D eigenvalue weighted by molar-refractivity contribution is 6.04. The van der Waals surface area contributed by atoms with E-state index in [4.69, 9.17) is 0 Å². The zero-order valence-corrected chi connectivity index (χ0v) is 17.5. The Bertz CT molecular complexity index is 1040. The summed E-state index contributed by atoms with van der Waals surface area (Å²) in [4.78, 5) is 15.1. The van der Waals surface area contributed by atoms with Gasteiger partial charge in [-0.15, -0.1) is 0 Å². The summed E-state index contributed by atoms with van der Waals surface area (Å²) in [6.45, 7) is 0.947. The normalized spacial score (nSPS) is 20.5. The number of carbonyl (C=O) groups excluding carboxylic acids is 1. The van der Waals surface area contributed by atoms with Crippen molar-refractivity contribution in [1.82, 2.24) is 24.9 Å². The second kappa shape index (κ2) is 7.72. The molecule has 3 unspecified atom stereocenters. The maximum atomic E-state index is 12.9. The topological polar surface area (TPSA) is 78.8 Å². The summed E-state index contributed by atoms with van der Waals surface area (Å²) >= 11 is 0. The molecule has 156 valence electrons. The second-order valence-electron chi connectivity index (χ2n) is 8.79. The average molecular weight is 405 g/mol. The van der Waals surface area contributed by atoms with Crippen LogP contribution in [0.4, 0.5) is 5.69 Å². The standard InChI is InChI=1S/C23H28N6O/c1-28(2)11-10-20(15-6-4-3-5-7-15)29-14-17(13-24-29)25-23(30)22-21-18-12-16(18)8-9-19(21)26-27-22/h3-7,13-14,16,18,20H,8-12H2,1-2H3,(H,25,30)(H,26,27). The molecule has 3 atom stereocenters. The Balaban J connectivity index is 1.34. The third-order valence-corrected chi connectivity index (χ3v) is 6.37. The van der Waals surface area contributed by atoms with Crippen molar-refractivity contribution >= 4 is 11.6 Å². The maximum absolute atomic E-state index is 12.9. The monoisotopic (exact) mass is 404 g/mol. The highest BCUT2D eigenvalue weighted by Crippen LogP contribution is 2.55. The average Bonchev–Trinajstić information content (AvgIpc) is 3.18. The first-order valence-corrected chi connectivity index (χ1v) is 10.7. The van der Waals surface area contributed by atoms with E-state index in [2.05, 4.69) is 63.9 Å². The number of H-pyrrole nitrogens is 1. The van der Waals surface area contributed by atoms with E-state index in [0.29, 0.717) is 17.3 Å². The second-order valence-corrected chi connectivity index (χ2v) is 8.79. The maximum Gasteiger partial charge on any atom is 0.276 e. The third-order valence-electron chi connectivity index (χ3n) is 6.37. The van der Waals surface area contributed by atoms with Gasteiger partial charge < -0.3 is 10.2 Å². The summed E-state index contributed by atoms with van der Waals surface area (Å²) < 4.78 is 1.95. The molecule has 1 amide bonds. The van der Waals surface area contributed by atoms with Crippen molar-refractivity contribution < 1.29 is 4.79 Å². The van der Waals surface area contributed by atoms with Crippen molar-refractivity contribution in [2.75, 3.05) is 26.0 Å². The fraction of sp³-hybridized carbons (Fsp3) is 0.435. The number of rotatable bonds is 7. The summed E-state index contributed by atoms with van der Waals surface area (Å²) in [7, 11) is 4.15. The van der Waals surface area contributed by atoms with E-state index < -0.39 is 0 Å². The lowest BCUT2D eigenvalue weighted by molar-refractivity contribution is 0.102. The van der Waals surface area contributed by atoms with Crippen LogP contribution < -0.4 is 5.32 Å². The molecule has 2 heterocycles. The number of benzene rings is 1. The van der Waals surface area contributed by atoms with Crippen LogP contribution in [0.2, 0.25) is 0 Å². The van der Waals surface area contributed by atoms with Crippen LogP contribution in [0.25, 0.3) is 0 Å². The fourth-order valence-corrected chi connectivity index (χ4v) is 4.67. The van der Waals surface area contributed by atoms with E-state index in [1.807, 2.05) is 16.9 Å². The number of hydrogen-bond donors (Lipinski definition) is 2. The van der Waals surface area contributed by atoms with Crippen LogP contribution in [0.5, 0.6) is 0 Å². The molecule has 2 aliphatic rings. The van der Waals surface area contributed by atoms with Gasteiger partial charge in [-0.2, -0.15) is 10.2 Å². The molecule has 7 heteroatoms. The molecule has 2 N–H and O–H groups in total. The molecular formula is C23H28N6O. The van der Waals surface area contributed by atoms with Gasteiger partial charge in [-0.1, -0.05) is 30.3 Å². The van der Waals surface area contributed by atoms with Gasteiger partial charge in [0.15, 0.2) is 5.69 Å². The van der Waals surface area contributed by atoms with E-state index in [-0.39, 0.29) is 11.9 Å². The van der Waals surface area contributed by atoms with Crippen LogP contribution in [0.15, 0.2) is 42.7 Å². The minimum Gasteiger partial charge on any atom is -0.318 e. The number of hydrogen-bond acceptors (Lipinski definition) is 4. The Labute approximate surface area is 176 Å². The molecule has 0 radical (unpaired) electrons. The van der Waals surface area contributed by atoms with Crippen molar-refractivity contribution in [3.05, 3.63) is 65.2 Å². The van der Waals surface area contributed by atoms with E-state index >= 15 is 0 Å². The first-order valence-electron chi connectivity index (χ1n) is 10.7.